The fraction of sp³-hybridized carbons (Fsp3) is 0.263. The molecular weight excluding hydrogens is 368 g/mol. The quantitative estimate of drug-likeness (QED) is 0.672. The second-order valence-corrected chi connectivity index (χ2v) is 7.58. The normalized spacial score (nSPS) is 12.2. The standard InChI is InChI=1S/C19H22N2O5S/c1-3-15-9-11-16(12-10-15)21-19(23)14(2)26-18(22)13-20-27(24,25)17-7-5-4-6-8-17/h4-12,14,20H,3,13H2,1-2H3,(H,21,23)/t14-/m1/s1. The number of aryl methyl sites for hydroxylation is 1. The van der Waals surface area contributed by atoms with E-state index in [1.807, 2.05) is 19.1 Å². The summed E-state index contributed by atoms with van der Waals surface area (Å²) in [5.74, 6) is -1.35. The first-order valence-electron chi connectivity index (χ1n) is 8.46. The Morgan fingerprint density at radius 1 is 1.04 bits per heavy atom. The summed E-state index contributed by atoms with van der Waals surface area (Å²) in [5, 5.41) is 2.64. The van der Waals surface area contributed by atoms with Gasteiger partial charge in [-0.1, -0.05) is 37.3 Å². The number of anilines is 1. The van der Waals surface area contributed by atoms with Crippen molar-refractivity contribution in [1.29, 1.82) is 0 Å². The van der Waals surface area contributed by atoms with Crippen LogP contribution in [0, 0.1) is 0 Å². The van der Waals surface area contributed by atoms with Gasteiger partial charge in [-0.05, 0) is 43.2 Å². The molecule has 1 amide bonds. The Kier molecular flexibility index (Phi) is 7.09. The molecule has 27 heavy (non-hydrogen) atoms. The predicted octanol–water partition coefficient (Wildman–Crippen LogP) is 2.10. The zero-order valence-electron chi connectivity index (χ0n) is 15.1. The van der Waals surface area contributed by atoms with Crippen molar-refractivity contribution in [3.63, 3.8) is 0 Å². The van der Waals surface area contributed by atoms with Crippen LogP contribution in [-0.2, 0) is 30.8 Å². The highest BCUT2D eigenvalue weighted by atomic mass is 32.2. The van der Waals surface area contributed by atoms with Crippen LogP contribution < -0.4 is 10.0 Å². The van der Waals surface area contributed by atoms with E-state index in [9.17, 15) is 18.0 Å². The van der Waals surface area contributed by atoms with Crippen molar-refractivity contribution < 1.29 is 22.7 Å². The van der Waals surface area contributed by atoms with Gasteiger partial charge in [0.05, 0.1) is 4.90 Å². The van der Waals surface area contributed by atoms with Gasteiger partial charge in [0.15, 0.2) is 6.10 Å². The van der Waals surface area contributed by atoms with E-state index in [0.717, 1.165) is 12.0 Å². The van der Waals surface area contributed by atoms with Crippen LogP contribution in [0.2, 0.25) is 0 Å². The minimum absolute atomic E-state index is 0.0408. The minimum Gasteiger partial charge on any atom is -0.452 e. The maximum absolute atomic E-state index is 12.1. The molecule has 0 aliphatic heterocycles. The van der Waals surface area contributed by atoms with Crippen molar-refractivity contribution in [1.82, 2.24) is 4.72 Å². The average Bonchev–Trinajstić information content (AvgIpc) is 2.67. The number of amides is 1. The highest BCUT2D eigenvalue weighted by Gasteiger charge is 2.20. The summed E-state index contributed by atoms with van der Waals surface area (Å²) >= 11 is 0. The predicted molar refractivity (Wildman–Crippen MR) is 102 cm³/mol. The molecule has 0 aliphatic rings. The summed E-state index contributed by atoms with van der Waals surface area (Å²) in [6, 6.07) is 15.0. The Bertz CT molecular complexity index is 880. The number of sulfonamides is 1. The van der Waals surface area contributed by atoms with Gasteiger partial charge in [-0.3, -0.25) is 9.59 Å². The molecule has 0 radical (unpaired) electrons. The first kappa shape index (κ1) is 20.6. The molecule has 144 valence electrons. The fourth-order valence-electron chi connectivity index (χ4n) is 2.20. The average molecular weight is 390 g/mol. The third-order valence-corrected chi connectivity index (χ3v) is 5.18. The first-order valence-corrected chi connectivity index (χ1v) is 9.94. The maximum Gasteiger partial charge on any atom is 0.321 e. The number of carbonyl (C=O) groups is 2. The second kappa shape index (κ2) is 9.29. The molecule has 7 nitrogen and oxygen atoms in total. The molecular formula is C19H22N2O5S. The summed E-state index contributed by atoms with van der Waals surface area (Å²) in [7, 11) is -3.82. The molecule has 0 saturated carbocycles. The van der Waals surface area contributed by atoms with Crippen LogP contribution in [0.3, 0.4) is 0 Å². The molecule has 8 heteroatoms. The highest BCUT2D eigenvalue weighted by molar-refractivity contribution is 7.89. The van der Waals surface area contributed by atoms with Crippen molar-refractivity contribution in [3.8, 4) is 0 Å². The lowest BCUT2D eigenvalue weighted by molar-refractivity contribution is -0.151. The van der Waals surface area contributed by atoms with E-state index in [4.69, 9.17) is 4.74 Å². The molecule has 1 atom stereocenters. The lowest BCUT2D eigenvalue weighted by Crippen LogP contribution is -2.35. The van der Waals surface area contributed by atoms with E-state index in [2.05, 4.69) is 10.0 Å². The van der Waals surface area contributed by atoms with Gasteiger partial charge in [-0.2, -0.15) is 4.72 Å². The molecule has 0 heterocycles. The molecule has 0 saturated heterocycles. The summed E-state index contributed by atoms with van der Waals surface area (Å²) in [6.07, 6.45) is -0.175. The molecule has 0 aromatic heterocycles. The van der Waals surface area contributed by atoms with E-state index >= 15 is 0 Å². The van der Waals surface area contributed by atoms with E-state index in [-0.39, 0.29) is 4.90 Å². The van der Waals surface area contributed by atoms with Crippen molar-refractivity contribution in [3.05, 3.63) is 60.2 Å². The van der Waals surface area contributed by atoms with E-state index < -0.39 is 34.5 Å². The van der Waals surface area contributed by atoms with Crippen LogP contribution in [0.5, 0.6) is 0 Å². The number of rotatable bonds is 8. The number of hydrogen-bond acceptors (Lipinski definition) is 5. The van der Waals surface area contributed by atoms with Gasteiger partial charge in [0.2, 0.25) is 10.0 Å². The van der Waals surface area contributed by atoms with Gasteiger partial charge in [0.1, 0.15) is 6.54 Å². The van der Waals surface area contributed by atoms with Crippen LogP contribution in [0.15, 0.2) is 59.5 Å². The Morgan fingerprint density at radius 3 is 2.26 bits per heavy atom. The van der Waals surface area contributed by atoms with E-state index in [1.54, 1.807) is 30.3 Å². The summed E-state index contributed by atoms with van der Waals surface area (Å²) in [4.78, 5) is 24.0. The number of ether oxygens (including phenoxy) is 1. The Balaban J connectivity index is 1.84. The molecule has 0 fully saturated rings. The smallest absolute Gasteiger partial charge is 0.321 e. The largest absolute Gasteiger partial charge is 0.452 e. The minimum atomic E-state index is -3.82. The van der Waals surface area contributed by atoms with Gasteiger partial charge in [-0.25, -0.2) is 8.42 Å². The summed E-state index contributed by atoms with van der Waals surface area (Å²) in [6.45, 7) is 2.88. The number of esters is 1. The molecule has 2 aromatic rings. The van der Waals surface area contributed by atoms with Crippen LogP contribution in [0.1, 0.15) is 19.4 Å². The maximum atomic E-state index is 12.1. The zero-order valence-corrected chi connectivity index (χ0v) is 16.0. The summed E-state index contributed by atoms with van der Waals surface area (Å²) in [5.41, 5.74) is 1.73. The fourth-order valence-corrected chi connectivity index (χ4v) is 3.19. The Labute approximate surface area is 158 Å². The molecule has 2 rings (SSSR count). The zero-order chi connectivity index (χ0) is 19.9. The van der Waals surface area contributed by atoms with Gasteiger partial charge < -0.3 is 10.1 Å². The Morgan fingerprint density at radius 2 is 1.67 bits per heavy atom. The van der Waals surface area contributed by atoms with Crippen molar-refractivity contribution >= 4 is 27.6 Å². The number of nitrogens with one attached hydrogen (secondary N) is 2. The van der Waals surface area contributed by atoms with Gasteiger partial charge in [-0.15, -0.1) is 0 Å². The third kappa shape index (κ3) is 6.19. The molecule has 2 N–H and O–H groups in total. The topological polar surface area (TPSA) is 102 Å². The van der Waals surface area contributed by atoms with Crippen molar-refractivity contribution in [2.75, 3.05) is 11.9 Å². The van der Waals surface area contributed by atoms with Gasteiger partial charge >= 0.3 is 5.97 Å². The van der Waals surface area contributed by atoms with Crippen LogP contribution in [-0.4, -0.2) is 32.9 Å². The summed E-state index contributed by atoms with van der Waals surface area (Å²) < 4.78 is 31.2. The molecule has 0 unspecified atom stereocenters. The van der Waals surface area contributed by atoms with Crippen molar-refractivity contribution in [2.24, 2.45) is 0 Å². The van der Waals surface area contributed by atoms with Gasteiger partial charge in [0, 0.05) is 5.69 Å². The van der Waals surface area contributed by atoms with Crippen LogP contribution in [0.25, 0.3) is 0 Å². The van der Waals surface area contributed by atoms with Crippen LogP contribution in [0.4, 0.5) is 5.69 Å². The lowest BCUT2D eigenvalue weighted by Gasteiger charge is -2.14. The highest BCUT2D eigenvalue weighted by Crippen LogP contribution is 2.11. The number of benzene rings is 2. The molecule has 2 aromatic carbocycles. The van der Waals surface area contributed by atoms with E-state index in [1.165, 1.54) is 19.1 Å². The van der Waals surface area contributed by atoms with Crippen molar-refractivity contribution in [2.45, 2.75) is 31.3 Å². The number of carbonyl (C=O) groups excluding carboxylic acids is 2. The molecule has 0 aliphatic carbocycles. The SMILES string of the molecule is CCc1ccc(NC(=O)[C@@H](C)OC(=O)CNS(=O)(=O)c2ccccc2)cc1. The lowest BCUT2D eigenvalue weighted by atomic mass is 10.1. The Hall–Kier alpha value is -2.71. The monoisotopic (exact) mass is 390 g/mol. The van der Waals surface area contributed by atoms with Gasteiger partial charge in [0.25, 0.3) is 5.91 Å². The van der Waals surface area contributed by atoms with Crippen LogP contribution >= 0.6 is 0 Å². The second-order valence-electron chi connectivity index (χ2n) is 5.81. The van der Waals surface area contributed by atoms with E-state index in [0.29, 0.717) is 5.69 Å². The number of hydrogen-bond donors (Lipinski definition) is 2. The first-order chi connectivity index (χ1) is 12.8. The molecule has 0 spiro atoms. The third-order valence-electron chi connectivity index (χ3n) is 3.77. The molecule has 0 bridgehead atoms.